The highest BCUT2D eigenvalue weighted by molar-refractivity contribution is 6.23. The molecular formula is C32H38FN5O4. The van der Waals surface area contributed by atoms with Gasteiger partial charge in [-0.2, -0.15) is 5.26 Å². The summed E-state index contributed by atoms with van der Waals surface area (Å²) in [6, 6.07) is 27.4. The molecule has 42 heavy (non-hydrogen) atoms. The van der Waals surface area contributed by atoms with Gasteiger partial charge in [0.15, 0.2) is 0 Å². The number of nitrogens with one attached hydrogen (secondary N) is 2. The lowest BCUT2D eigenvalue weighted by atomic mass is 10.1. The lowest BCUT2D eigenvalue weighted by Crippen LogP contribution is -2.43. The number of likely N-dealkylation sites (N-methyl/N-ethyl adjacent to an activating group) is 1. The van der Waals surface area contributed by atoms with E-state index in [0.717, 1.165) is 16.3 Å². The molecule has 0 aromatic heterocycles. The molecule has 2 unspecified atom stereocenters. The summed E-state index contributed by atoms with van der Waals surface area (Å²) in [6.45, 7) is 4.42. The third kappa shape index (κ3) is 13.8. The summed E-state index contributed by atoms with van der Waals surface area (Å²) in [7, 11) is 3.18. The van der Waals surface area contributed by atoms with E-state index in [0.29, 0.717) is 19.4 Å². The van der Waals surface area contributed by atoms with E-state index < -0.39 is 11.9 Å². The lowest BCUT2D eigenvalue weighted by Gasteiger charge is -2.22. The number of nitriles is 1. The molecule has 1 saturated heterocycles. The van der Waals surface area contributed by atoms with Gasteiger partial charge in [0.1, 0.15) is 11.9 Å². The van der Waals surface area contributed by atoms with Crippen molar-refractivity contribution in [3.05, 3.63) is 96.3 Å². The Kier molecular flexibility index (Phi) is 16.6. The van der Waals surface area contributed by atoms with Crippen LogP contribution in [0.3, 0.4) is 0 Å². The molecule has 1 aliphatic rings. The van der Waals surface area contributed by atoms with Crippen LogP contribution in [0.15, 0.2) is 84.9 Å². The minimum absolute atomic E-state index is 0.164. The van der Waals surface area contributed by atoms with E-state index in [1.54, 1.807) is 19.2 Å². The third-order valence-corrected chi connectivity index (χ3v) is 5.90. The van der Waals surface area contributed by atoms with Crippen LogP contribution < -0.4 is 10.6 Å². The average Bonchev–Trinajstić information content (AvgIpc) is 3.40. The standard InChI is InChI=1S/C11H15N3O3.C7H8FN.C7H7NO.C7H8/c1-8-3-9(4-12)14(5-8)10(16)6-13(2)11(17)7-15;1-9-7-4-2-6(8)3-5-7;9-6-8-7-4-2-1-3-5-7;1-7-5-3-2-4-6-7/h7-9H,3,5-6H2,1-2H3;2-5,9H,1H3;1-6H,(H,8,9);2-6H,1H3. The van der Waals surface area contributed by atoms with Crippen molar-refractivity contribution in [1.29, 1.82) is 5.26 Å². The van der Waals surface area contributed by atoms with Gasteiger partial charge in [0.05, 0.1) is 12.6 Å². The maximum absolute atomic E-state index is 12.2. The number of halogens is 1. The van der Waals surface area contributed by atoms with E-state index in [-0.39, 0.29) is 30.5 Å². The molecule has 1 heterocycles. The molecule has 0 bridgehead atoms. The molecule has 1 aliphatic heterocycles. The Morgan fingerprint density at radius 3 is 2.02 bits per heavy atom. The second-order valence-corrected chi connectivity index (χ2v) is 9.38. The van der Waals surface area contributed by atoms with Crippen LogP contribution in [0.2, 0.25) is 0 Å². The van der Waals surface area contributed by atoms with Gasteiger partial charge in [0.25, 0.3) is 5.91 Å². The Balaban J connectivity index is 0.000000299. The summed E-state index contributed by atoms with van der Waals surface area (Å²) in [5.74, 6) is -0.942. The summed E-state index contributed by atoms with van der Waals surface area (Å²) in [6.07, 6.45) is 1.49. The molecule has 3 amide bonds. The smallest absolute Gasteiger partial charge is 0.286 e. The number of para-hydroxylation sites is 1. The first kappa shape index (κ1) is 35.0. The zero-order chi connectivity index (χ0) is 31.3. The highest BCUT2D eigenvalue weighted by Crippen LogP contribution is 2.22. The largest absolute Gasteiger partial charge is 0.388 e. The van der Waals surface area contributed by atoms with Gasteiger partial charge in [-0.25, -0.2) is 4.39 Å². The van der Waals surface area contributed by atoms with E-state index in [2.05, 4.69) is 35.8 Å². The Morgan fingerprint density at radius 1 is 1.00 bits per heavy atom. The summed E-state index contributed by atoms with van der Waals surface area (Å²) in [4.78, 5) is 45.5. The van der Waals surface area contributed by atoms with Crippen LogP contribution in [0.4, 0.5) is 15.8 Å². The number of aryl methyl sites for hydroxylation is 1. The van der Waals surface area contributed by atoms with Crippen LogP contribution in [0.5, 0.6) is 0 Å². The number of rotatable bonds is 6. The molecule has 10 heteroatoms. The van der Waals surface area contributed by atoms with Gasteiger partial charge in [-0.05, 0) is 55.7 Å². The van der Waals surface area contributed by atoms with Crippen molar-refractivity contribution >= 4 is 35.9 Å². The fourth-order valence-corrected chi connectivity index (χ4v) is 3.66. The third-order valence-electron chi connectivity index (χ3n) is 5.90. The van der Waals surface area contributed by atoms with Crippen LogP contribution in [0, 0.1) is 30.0 Å². The van der Waals surface area contributed by atoms with Crippen LogP contribution in [-0.2, 0) is 19.2 Å². The van der Waals surface area contributed by atoms with Gasteiger partial charge < -0.3 is 20.4 Å². The second-order valence-electron chi connectivity index (χ2n) is 9.38. The maximum atomic E-state index is 12.2. The SMILES string of the molecule is CC1CC(C#N)N(C(=O)CN(C)C(=O)C=O)C1.CNc1ccc(F)cc1.Cc1ccccc1.O=CNc1ccccc1. The first-order valence-electron chi connectivity index (χ1n) is 13.2. The molecule has 0 saturated carbocycles. The predicted octanol–water partition coefficient (Wildman–Crippen LogP) is 4.52. The maximum Gasteiger partial charge on any atom is 0.286 e. The minimum atomic E-state index is -0.737. The first-order chi connectivity index (χ1) is 20.1. The van der Waals surface area contributed by atoms with Crippen molar-refractivity contribution in [2.75, 3.05) is 37.8 Å². The quantitative estimate of drug-likeness (QED) is 0.329. The van der Waals surface area contributed by atoms with E-state index in [1.807, 2.05) is 55.5 Å². The molecule has 4 rings (SSSR count). The monoisotopic (exact) mass is 575 g/mol. The molecule has 0 spiro atoms. The van der Waals surface area contributed by atoms with Gasteiger partial charge in [-0.15, -0.1) is 0 Å². The van der Waals surface area contributed by atoms with Gasteiger partial charge in [0, 0.05) is 32.0 Å². The molecule has 2 N–H and O–H groups in total. The van der Waals surface area contributed by atoms with Crippen LogP contribution in [0.1, 0.15) is 18.9 Å². The number of carbonyl (C=O) groups is 4. The predicted molar refractivity (Wildman–Crippen MR) is 162 cm³/mol. The van der Waals surface area contributed by atoms with Crippen LogP contribution >= 0.6 is 0 Å². The van der Waals surface area contributed by atoms with Crippen molar-refractivity contribution in [2.24, 2.45) is 5.92 Å². The number of hydrogen-bond acceptors (Lipinski definition) is 6. The normalized spacial score (nSPS) is 14.5. The Morgan fingerprint density at radius 2 is 1.57 bits per heavy atom. The number of nitrogens with zero attached hydrogens (tertiary/aromatic N) is 3. The van der Waals surface area contributed by atoms with Gasteiger partial charge >= 0.3 is 0 Å². The number of benzene rings is 3. The minimum Gasteiger partial charge on any atom is -0.388 e. The van der Waals surface area contributed by atoms with Crippen LogP contribution in [-0.4, -0.2) is 67.5 Å². The van der Waals surface area contributed by atoms with E-state index >= 15 is 0 Å². The zero-order valence-corrected chi connectivity index (χ0v) is 24.4. The fraction of sp³-hybridized carbons (Fsp3) is 0.281. The van der Waals surface area contributed by atoms with Crippen molar-refractivity contribution in [3.63, 3.8) is 0 Å². The summed E-state index contributed by atoms with van der Waals surface area (Å²) in [5, 5.41) is 14.3. The molecule has 3 aromatic rings. The van der Waals surface area contributed by atoms with E-state index in [4.69, 9.17) is 5.26 Å². The van der Waals surface area contributed by atoms with Crippen molar-refractivity contribution in [3.8, 4) is 6.07 Å². The second kappa shape index (κ2) is 19.9. The number of anilines is 2. The van der Waals surface area contributed by atoms with Gasteiger partial charge in [0.2, 0.25) is 18.6 Å². The van der Waals surface area contributed by atoms with E-state index in [1.165, 1.54) is 29.6 Å². The molecule has 0 aliphatic carbocycles. The molecule has 1 fully saturated rings. The summed E-state index contributed by atoms with van der Waals surface area (Å²) in [5.41, 5.74) is 3.08. The topological polar surface area (TPSA) is 123 Å². The number of amides is 3. The summed E-state index contributed by atoms with van der Waals surface area (Å²) < 4.78 is 12.2. The van der Waals surface area contributed by atoms with Gasteiger partial charge in [-0.1, -0.05) is 61.0 Å². The van der Waals surface area contributed by atoms with Crippen molar-refractivity contribution < 1.29 is 23.6 Å². The zero-order valence-electron chi connectivity index (χ0n) is 24.4. The molecule has 2 atom stereocenters. The van der Waals surface area contributed by atoms with E-state index in [9.17, 15) is 23.6 Å². The molecular weight excluding hydrogens is 537 g/mol. The Labute approximate surface area is 246 Å². The molecule has 3 aromatic carbocycles. The van der Waals surface area contributed by atoms with Crippen molar-refractivity contribution in [2.45, 2.75) is 26.3 Å². The first-order valence-corrected chi connectivity index (χ1v) is 13.2. The number of aldehydes is 1. The van der Waals surface area contributed by atoms with Gasteiger partial charge in [-0.3, -0.25) is 19.2 Å². The van der Waals surface area contributed by atoms with Crippen LogP contribution in [0.25, 0.3) is 0 Å². The molecule has 0 radical (unpaired) electrons. The Bertz CT molecular complexity index is 1270. The highest BCUT2D eigenvalue weighted by atomic mass is 19.1. The number of carbonyl (C=O) groups excluding carboxylic acids is 4. The fourth-order valence-electron chi connectivity index (χ4n) is 3.66. The molecule has 222 valence electrons. The highest BCUT2D eigenvalue weighted by Gasteiger charge is 2.33. The Hall–Kier alpha value is -5.04. The van der Waals surface area contributed by atoms with Crippen molar-refractivity contribution in [1.82, 2.24) is 9.80 Å². The number of hydrogen-bond donors (Lipinski definition) is 2. The lowest BCUT2D eigenvalue weighted by molar-refractivity contribution is -0.142. The molecule has 9 nitrogen and oxygen atoms in total. The average molecular weight is 576 g/mol. The number of likely N-dealkylation sites (tertiary alicyclic amines) is 1. The summed E-state index contributed by atoms with van der Waals surface area (Å²) >= 11 is 0.